The van der Waals surface area contributed by atoms with Gasteiger partial charge in [0.1, 0.15) is 0 Å². The number of halogens is 3. The Morgan fingerprint density at radius 1 is 0.852 bits per heavy atom. The van der Waals surface area contributed by atoms with Crippen LogP contribution in [0, 0.1) is 0 Å². The van der Waals surface area contributed by atoms with Gasteiger partial charge in [-0.1, -0.05) is 54.6 Å². The number of hydrogen-bond donors (Lipinski definition) is 1. The Morgan fingerprint density at radius 3 is 2.11 bits per heavy atom. The maximum absolute atomic E-state index is 12.9. The van der Waals surface area contributed by atoms with Crippen LogP contribution in [-0.4, -0.2) is 6.03 Å². The van der Waals surface area contributed by atoms with Gasteiger partial charge in [0.05, 0.1) is 12.1 Å². The van der Waals surface area contributed by atoms with Gasteiger partial charge in [0.25, 0.3) is 0 Å². The molecule has 0 spiro atoms. The maximum atomic E-state index is 12.9. The first-order valence-electron chi connectivity index (χ1n) is 8.28. The number of hydrogen-bond acceptors (Lipinski definition) is 1. The number of benzene rings is 3. The van der Waals surface area contributed by atoms with Crippen molar-refractivity contribution in [2.24, 2.45) is 0 Å². The van der Waals surface area contributed by atoms with Gasteiger partial charge in [-0.25, -0.2) is 4.79 Å². The van der Waals surface area contributed by atoms with Gasteiger partial charge >= 0.3 is 12.2 Å². The fourth-order valence-corrected chi connectivity index (χ4v) is 2.62. The molecule has 0 aliphatic carbocycles. The summed E-state index contributed by atoms with van der Waals surface area (Å²) in [6.45, 7) is 0.287. The van der Waals surface area contributed by atoms with E-state index in [1.165, 1.54) is 17.0 Å². The molecule has 0 heterocycles. The van der Waals surface area contributed by atoms with Crippen molar-refractivity contribution in [1.29, 1.82) is 0 Å². The summed E-state index contributed by atoms with van der Waals surface area (Å²) in [6.07, 6.45) is -4.47. The van der Waals surface area contributed by atoms with E-state index in [4.69, 9.17) is 0 Å². The Bertz CT molecular complexity index is 896. The molecule has 0 aliphatic rings. The van der Waals surface area contributed by atoms with E-state index in [1.807, 2.05) is 36.4 Å². The highest BCUT2D eigenvalue weighted by Crippen LogP contribution is 2.31. The molecule has 0 saturated carbocycles. The summed E-state index contributed by atoms with van der Waals surface area (Å²) >= 11 is 0. The van der Waals surface area contributed by atoms with Gasteiger partial charge in [-0.05, 0) is 35.9 Å². The third kappa shape index (κ3) is 4.88. The number of amides is 2. The van der Waals surface area contributed by atoms with Gasteiger partial charge in [-0.3, -0.25) is 4.90 Å². The first kappa shape index (κ1) is 18.5. The van der Waals surface area contributed by atoms with E-state index < -0.39 is 17.8 Å². The zero-order chi connectivity index (χ0) is 19.3. The summed E-state index contributed by atoms with van der Waals surface area (Å²) in [5.74, 6) is 0. The van der Waals surface area contributed by atoms with Gasteiger partial charge < -0.3 is 5.32 Å². The van der Waals surface area contributed by atoms with Gasteiger partial charge in [-0.15, -0.1) is 0 Å². The van der Waals surface area contributed by atoms with Gasteiger partial charge in [0, 0.05) is 11.4 Å². The summed E-state index contributed by atoms with van der Waals surface area (Å²) in [5.41, 5.74) is 0.824. The molecular weight excluding hydrogens is 353 g/mol. The van der Waals surface area contributed by atoms with Crippen LogP contribution in [0.1, 0.15) is 11.1 Å². The minimum absolute atomic E-state index is 0.0869. The molecule has 3 nitrogen and oxygen atoms in total. The average molecular weight is 370 g/mol. The Labute approximate surface area is 155 Å². The summed E-state index contributed by atoms with van der Waals surface area (Å²) in [5, 5.41) is 2.56. The van der Waals surface area contributed by atoms with Crippen molar-refractivity contribution in [3.8, 4) is 0 Å². The van der Waals surface area contributed by atoms with Crippen LogP contribution >= 0.6 is 0 Å². The monoisotopic (exact) mass is 370 g/mol. The smallest absolute Gasteiger partial charge is 0.308 e. The lowest BCUT2D eigenvalue weighted by Gasteiger charge is -2.23. The van der Waals surface area contributed by atoms with Crippen LogP contribution in [0.3, 0.4) is 0 Å². The van der Waals surface area contributed by atoms with Crippen molar-refractivity contribution in [2.75, 3.05) is 10.2 Å². The number of carbonyl (C=O) groups excluding carboxylic acids is 1. The summed E-state index contributed by atoms with van der Waals surface area (Å²) in [7, 11) is 0. The maximum Gasteiger partial charge on any atom is 0.416 e. The van der Waals surface area contributed by atoms with Crippen molar-refractivity contribution < 1.29 is 18.0 Å². The lowest BCUT2D eigenvalue weighted by Crippen LogP contribution is -2.34. The van der Waals surface area contributed by atoms with Crippen LogP contribution in [0.4, 0.5) is 29.3 Å². The van der Waals surface area contributed by atoms with Gasteiger partial charge in [0.15, 0.2) is 0 Å². The molecule has 1 N–H and O–H groups in total. The molecule has 0 aliphatic heterocycles. The SMILES string of the molecule is O=C(Nc1cccc(C(F)(F)F)c1)N(Cc1ccccc1)c1ccccc1. The fraction of sp³-hybridized carbons (Fsp3) is 0.0952. The van der Waals surface area contributed by atoms with E-state index in [9.17, 15) is 18.0 Å². The molecule has 138 valence electrons. The predicted molar refractivity (Wildman–Crippen MR) is 99.5 cm³/mol. The Hall–Kier alpha value is -3.28. The summed E-state index contributed by atoms with van der Waals surface area (Å²) < 4.78 is 38.7. The first-order chi connectivity index (χ1) is 12.9. The van der Waals surface area contributed by atoms with Crippen LogP contribution in [0.15, 0.2) is 84.9 Å². The second kappa shape index (κ2) is 7.95. The van der Waals surface area contributed by atoms with Crippen molar-refractivity contribution in [3.63, 3.8) is 0 Å². The molecule has 2 amide bonds. The molecule has 0 radical (unpaired) electrons. The zero-order valence-electron chi connectivity index (χ0n) is 14.3. The van der Waals surface area contributed by atoms with Crippen LogP contribution in [0.5, 0.6) is 0 Å². The second-order valence-corrected chi connectivity index (χ2v) is 5.92. The van der Waals surface area contributed by atoms with E-state index in [0.29, 0.717) is 5.69 Å². The van der Waals surface area contributed by atoms with Crippen molar-refractivity contribution in [3.05, 3.63) is 96.1 Å². The predicted octanol–water partition coefficient (Wildman–Crippen LogP) is 5.94. The minimum Gasteiger partial charge on any atom is -0.308 e. The van der Waals surface area contributed by atoms with E-state index in [2.05, 4.69) is 5.32 Å². The Balaban J connectivity index is 1.85. The van der Waals surface area contributed by atoms with E-state index in [-0.39, 0.29) is 12.2 Å². The molecule has 0 aromatic heterocycles. The first-order valence-corrected chi connectivity index (χ1v) is 8.28. The molecular formula is C21H17F3N2O. The second-order valence-electron chi connectivity index (χ2n) is 5.92. The van der Waals surface area contributed by atoms with E-state index in [1.54, 1.807) is 24.3 Å². The number of anilines is 2. The van der Waals surface area contributed by atoms with Crippen molar-refractivity contribution >= 4 is 17.4 Å². The summed E-state index contributed by atoms with van der Waals surface area (Å²) in [6, 6.07) is 22.4. The quantitative estimate of drug-likeness (QED) is 0.605. The standard InChI is InChI=1S/C21H17F3N2O/c22-21(23,24)17-10-7-11-18(14-17)25-20(27)26(19-12-5-2-6-13-19)15-16-8-3-1-4-9-16/h1-14H,15H2,(H,25,27). The van der Waals surface area contributed by atoms with E-state index >= 15 is 0 Å². The normalized spacial score (nSPS) is 11.1. The number of para-hydroxylation sites is 1. The molecule has 0 unspecified atom stereocenters. The number of alkyl halides is 3. The largest absolute Gasteiger partial charge is 0.416 e. The van der Waals surface area contributed by atoms with Crippen molar-refractivity contribution in [1.82, 2.24) is 0 Å². The third-order valence-electron chi connectivity index (χ3n) is 3.94. The molecule has 6 heteroatoms. The topological polar surface area (TPSA) is 32.3 Å². The highest BCUT2D eigenvalue weighted by atomic mass is 19.4. The molecule has 0 bridgehead atoms. The number of rotatable bonds is 4. The summed E-state index contributed by atoms with van der Waals surface area (Å²) in [4.78, 5) is 14.3. The number of urea groups is 1. The van der Waals surface area contributed by atoms with Crippen LogP contribution in [0.2, 0.25) is 0 Å². The van der Waals surface area contributed by atoms with Gasteiger partial charge in [0.2, 0.25) is 0 Å². The highest BCUT2D eigenvalue weighted by Gasteiger charge is 2.30. The highest BCUT2D eigenvalue weighted by molar-refractivity contribution is 6.01. The molecule has 3 aromatic rings. The number of nitrogens with one attached hydrogen (secondary N) is 1. The molecule has 0 fully saturated rings. The molecule has 0 atom stereocenters. The average Bonchev–Trinajstić information content (AvgIpc) is 2.67. The Morgan fingerprint density at radius 2 is 1.48 bits per heavy atom. The molecule has 0 saturated heterocycles. The zero-order valence-corrected chi connectivity index (χ0v) is 14.3. The Kier molecular flexibility index (Phi) is 5.45. The lowest BCUT2D eigenvalue weighted by atomic mass is 10.2. The molecule has 3 rings (SSSR count). The van der Waals surface area contributed by atoms with E-state index in [0.717, 1.165) is 17.7 Å². The van der Waals surface area contributed by atoms with Crippen LogP contribution in [-0.2, 0) is 12.7 Å². The lowest BCUT2D eigenvalue weighted by molar-refractivity contribution is -0.137. The molecule has 27 heavy (non-hydrogen) atoms. The minimum atomic E-state index is -4.47. The van der Waals surface area contributed by atoms with Crippen molar-refractivity contribution in [2.45, 2.75) is 12.7 Å². The molecule has 3 aromatic carbocycles. The van der Waals surface area contributed by atoms with Crippen LogP contribution in [0.25, 0.3) is 0 Å². The third-order valence-corrected chi connectivity index (χ3v) is 3.94. The van der Waals surface area contributed by atoms with Gasteiger partial charge in [-0.2, -0.15) is 13.2 Å². The number of carbonyl (C=O) groups is 1. The fourth-order valence-electron chi connectivity index (χ4n) is 2.62. The van der Waals surface area contributed by atoms with Crippen LogP contribution < -0.4 is 10.2 Å². The number of nitrogens with zero attached hydrogens (tertiary/aromatic N) is 1.